The Morgan fingerprint density at radius 3 is 2.46 bits per heavy atom. The van der Waals surface area contributed by atoms with Crippen LogP contribution in [0.3, 0.4) is 0 Å². The van der Waals surface area contributed by atoms with Gasteiger partial charge in [-0.3, -0.25) is 9.88 Å². The number of rotatable bonds is 4. The molecule has 0 spiro atoms. The van der Waals surface area contributed by atoms with Crippen LogP contribution in [0.4, 0.5) is 0 Å². The minimum absolute atomic E-state index is 0.466. The summed E-state index contributed by atoms with van der Waals surface area (Å²) >= 11 is 0. The van der Waals surface area contributed by atoms with Gasteiger partial charge in [0.25, 0.3) is 0 Å². The molecular weight excluding hydrogens is 292 g/mol. The van der Waals surface area contributed by atoms with Crippen LogP contribution in [-0.2, 0) is 13.0 Å². The highest BCUT2D eigenvalue weighted by atomic mass is 15.1. The molecule has 2 heteroatoms. The van der Waals surface area contributed by atoms with Crippen molar-refractivity contribution in [3.05, 3.63) is 101 Å². The monoisotopic (exact) mass is 314 g/mol. The minimum atomic E-state index is 0.466. The number of fused-ring (bicyclic) bond motifs is 1. The number of hydrogen-bond donors (Lipinski definition) is 0. The number of benzene rings is 2. The van der Waals surface area contributed by atoms with Crippen LogP contribution in [0.15, 0.2) is 79.1 Å². The lowest BCUT2D eigenvalue weighted by Crippen LogP contribution is -2.35. The van der Waals surface area contributed by atoms with Crippen molar-refractivity contribution >= 4 is 0 Å². The van der Waals surface area contributed by atoms with Crippen LogP contribution in [0.2, 0.25) is 0 Å². The van der Waals surface area contributed by atoms with Crippen molar-refractivity contribution in [2.75, 3.05) is 13.1 Å². The molecule has 2 heterocycles. The standard InChI is InChI=1S/C22H22N2/c1-2-6-19(7-3-1)22-17-24(15-12-18-10-13-23-14-11-18)16-20-8-4-5-9-21(20)22/h1-11,13-14,22H,12,15-17H2/t22-/m1/s1. The van der Waals surface area contributed by atoms with Gasteiger partial charge in [-0.2, -0.15) is 0 Å². The van der Waals surface area contributed by atoms with Crippen LogP contribution in [0.5, 0.6) is 0 Å². The van der Waals surface area contributed by atoms with Crippen LogP contribution < -0.4 is 0 Å². The molecule has 120 valence electrons. The molecule has 1 aromatic heterocycles. The van der Waals surface area contributed by atoms with E-state index in [-0.39, 0.29) is 0 Å². The number of nitrogens with zero attached hydrogens (tertiary/aromatic N) is 2. The lowest BCUT2D eigenvalue weighted by Gasteiger charge is -2.35. The maximum atomic E-state index is 4.11. The van der Waals surface area contributed by atoms with Gasteiger partial charge in [0.1, 0.15) is 0 Å². The fourth-order valence-electron chi connectivity index (χ4n) is 3.66. The van der Waals surface area contributed by atoms with Gasteiger partial charge in [0.2, 0.25) is 0 Å². The molecule has 1 aliphatic heterocycles. The molecule has 0 aliphatic carbocycles. The summed E-state index contributed by atoms with van der Waals surface area (Å²) < 4.78 is 0. The van der Waals surface area contributed by atoms with E-state index >= 15 is 0 Å². The normalized spacial score (nSPS) is 17.4. The highest BCUT2D eigenvalue weighted by molar-refractivity contribution is 5.40. The van der Waals surface area contributed by atoms with E-state index < -0.39 is 0 Å². The van der Waals surface area contributed by atoms with Crippen LogP contribution in [0.1, 0.15) is 28.2 Å². The molecular formula is C22H22N2. The van der Waals surface area contributed by atoms with Gasteiger partial charge in [-0.05, 0) is 40.8 Å². The van der Waals surface area contributed by atoms with Crippen LogP contribution >= 0.6 is 0 Å². The third-order valence-electron chi connectivity index (χ3n) is 4.93. The summed E-state index contributed by atoms with van der Waals surface area (Å²) in [7, 11) is 0. The number of hydrogen-bond acceptors (Lipinski definition) is 2. The van der Waals surface area contributed by atoms with Crippen molar-refractivity contribution in [2.24, 2.45) is 0 Å². The van der Waals surface area contributed by atoms with Crippen molar-refractivity contribution in [2.45, 2.75) is 18.9 Å². The highest BCUT2D eigenvalue weighted by Gasteiger charge is 2.25. The third-order valence-corrected chi connectivity index (χ3v) is 4.93. The van der Waals surface area contributed by atoms with E-state index in [1.807, 2.05) is 12.4 Å². The third kappa shape index (κ3) is 3.24. The highest BCUT2D eigenvalue weighted by Crippen LogP contribution is 2.33. The molecule has 0 radical (unpaired) electrons. The first-order valence-corrected chi connectivity index (χ1v) is 8.64. The fourth-order valence-corrected chi connectivity index (χ4v) is 3.66. The van der Waals surface area contributed by atoms with Gasteiger partial charge < -0.3 is 0 Å². The molecule has 4 rings (SSSR count). The molecule has 2 aromatic carbocycles. The summed E-state index contributed by atoms with van der Waals surface area (Å²) in [6, 6.07) is 24.0. The summed E-state index contributed by atoms with van der Waals surface area (Å²) in [6.07, 6.45) is 4.84. The van der Waals surface area contributed by atoms with E-state index in [1.54, 1.807) is 0 Å². The van der Waals surface area contributed by atoms with Gasteiger partial charge in [-0.15, -0.1) is 0 Å². The summed E-state index contributed by atoms with van der Waals surface area (Å²) in [5.74, 6) is 0.466. The van der Waals surface area contributed by atoms with Crippen LogP contribution in [-0.4, -0.2) is 23.0 Å². The minimum Gasteiger partial charge on any atom is -0.298 e. The Bertz CT molecular complexity index is 783. The maximum absolute atomic E-state index is 4.11. The molecule has 1 aliphatic rings. The molecule has 0 N–H and O–H groups in total. The van der Waals surface area contributed by atoms with Crippen LogP contribution in [0.25, 0.3) is 0 Å². The molecule has 0 bridgehead atoms. The quantitative estimate of drug-likeness (QED) is 0.715. The van der Waals surface area contributed by atoms with Gasteiger partial charge in [0.15, 0.2) is 0 Å². The molecule has 0 unspecified atom stereocenters. The van der Waals surface area contributed by atoms with E-state index in [4.69, 9.17) is 0 Å². The number of aromatic nitrogens is 1. The number of pyridine rings is 1. The molecule has 0 saturated heterocycles. The van der Waals surface area contributed by atoms with E-state index in [0.29, 0.717) is 5.92 Å². The first-order chi connectivity index (χ1) is 11.9. The Morgan fingerprint density at radius 2 is 1.62 bits per heavy atom. The van der Waals surface area contributed by atoms with Gasteiger partial charge in [0.05, 0.1) is 0 Å². The summed E-state index contributed by atoms with van der Waals surface area (Å²) in [6.45, 7) is 3.22. The van der Waals surface area contributed by atoms with Crippen molar-refractivity contribution in [1.82, 2.24) is 9.88 Å². The van der Waals surface area contributed by atoms with Gasteiger partial charge in [-0.1, -0.05) is 54.6 Å². The molecule has 0 saturated carbocycles. The molecule has 3 aromatic rings. The molecule has 1 atom stereocenters. The lowest BCUT2D eigenvalue weighted by molar-refractivity contribution is 0.243. The van der Waals surface area contributed by atoms with Gasteiger partial charge in [-0.25, -0.2) is 0 Å². The largest absolute Gasteiger partial charge is 0.298 e. The Kier molecular flexibility index (Phi) is 4.39. The molecule has 24 heavy (non-hydrogen) atoms. The summed E-state index contributed by atoms with van der Waals surface area (Å²) in [5, 5.41) is 0. The SMILES string of the molecule is c1ccc([C@H]2CN(CCc3ccncc3)Cc3ccccc32)cc1. The zero-order chi connectivity index (χ0) is 16.2. The Labute approximate surface area is 143 Å². The van der Waals surface area contributed by atoms with E-state index in [2.05, 4.69) is 76.6 Å². The smallest absolute Gasteiger partial charge is 0.0270 e. The summed E-state index contributed by atoms with van der Waals surface area (Å²) in [4.78, 5) is 6.69. The zero-order valence-corrected chi connectivity index (χ0v) is 13.8. The van der Waals surface area contributed by atoms with Crippen molar-refractivity contribution in [1.29, 1.82) is 0 Å². The van der Waals surface area contributed by atoms with Crippen LogP contribution in [0, 0.1) is 0 Å². The Morgan fingerprint density at radius 1 is 0.875 bits per heavy atom. The van der Waals surface area contributed by atoms with E-state index in [0.717, 1.165) is 26.1 Å². The zero-order valence-electron chi connectivity index (χ0n) is 13.8. The Balaban J connectivity index is 1.56. The average molecular weight is 314 g/mol. The van der Waals surface area contributed by atoms with Gasteiger partial charge in [0, 0.05) is 37.9 Å². The predicted octanol–water partition coefficient (Wildman–Crippen LogP) is 4.27. The molecule has 0 fully saturated rings. The van der Waals surface area contributed by atoms with Crippen molar-refractivity contribution in [3.8, 4) is 0 Å². The second kappa shape index (κ2) is 6.98. The van der Waals surface area contributed by atoms with Crippen molar-refractivity contribution < 1.29 is 0 Å². The predicted molar refractivity (Wildman–Crippen MR) is 97.9 cm³/mol. The summed E-state index contributed by atoms with van der Waals surface area (Å²) in [5.41, 5.74) is 5.73. The topological polar surface area (TPSA) is 16.1 Å². The van der Waals surface area contributed by atoms with E-state index in [1.165, 1.54) is 22.3 Å². The fraction of sp³-hybridized carbons (Fsp3) is 0.227. The first-order valence-electron chi connectivity index (χ1n) is 8.64. The lowest BCUT2D eigenvalue weighted by atomic mass is 9.84. The second-order valence-corrected chi connectivity index (χ2v) is 6.50. The average Bonchev–Trinajstić information content (AvgIpc) is 2.67. The second-order valence-electron chi connectivity index (χ2n) is 6.50. The van der Waals surface area contributed by atoms with E-state index in [9.17, 15) is 0 Å². The molecule has 2 nitrogen and oxygen atoms in total. The maximum Gasteiger partial charge on any atom is 0.0270 e. The first kappa shape index (κ1) is 15.1. The molecule has 0 amide bonds. The Hall–Kier alpha value is -2.45. The van der Waals surface area contributed by atoms with Gasteiger partial charge >= 0.3 is 0 Å². The van der Waals surface area contributed by atoms with Crippen molar-refractivity contribution in [3.63, 3.8) is 0 Å².